The van der Waals surface area contributed by atoms with Crippen molar-refractivity contribution in [1.82, 2.24) is 40.4 Å². The third kappa shape index (κ3) is 3.05. The standard InChI is InChI=1S/C17H22N8O/c1-24(2)9-15-21-22-16(25(15)3)11-6-12(7-11)18-17(26)10-4-5-13-14(8-10)20-23-19-13/h4-5,8,11-12H,6-7,9H2,1-3H3,(H,18,26)(H,19,20,23). The molecule has 9 nitrogen and oxygen atoms in total. The van der Waals surface area contributed by atoms with Crippen molar-refractivity contribution >= 4 is 16.9 Å². The Bertz CT molecular complexity index is 937. The van der Waals surface area contributed by atoms with Gasteiger partial charge in [-0.05, 0) is 45.1 Å². The van der Waals surface area contributed by atoms with Gasteiger partial charge in [0.1, 0.15) is 22.7 Å². The molecule has 0 aliphatic heterocycles. The molecule has 1 aliphatic carbocycles. The Labute approximate surface area is 150 Å². The lowest BCUT2D eigenvalue weighted by atomic mass is 9.79. The minimum absolute atomic E-state index is 0.0791. The van der Waals surface area contributed by atoms with Gasteiger partial charge >= 0.3 is 0 Å². The molecular formula is C17H22N8O. The Morgan fingerprint density at radius 2 is 2.04 bits per heavy atom. The summed E-state index contributed by atoms with van der Waals surface area (Å²) in [5.41, 5.74) is 2.04. The van der Waals surface area contributed by atoms with Crippen LogP contribution in [-0.4, -0.2) is 61.1 Å². The highest BCUT2D eigenvalue weighted by Gasteiger charge is 2.35. The molecular weight excluding hydrogens is 332 g/mol. The molecule has 2 aromatic heterocycles. The summed E-state index contributed by atoms with van der Waals surface area (Å²) >= 11 is 0. The Hall–Kier alpha value is -2.81. The number of fused-ring (bicyclic) bond motifs is 1. The zero-order valence-electron chi connectivity index (χ0n) is 15.1. The minimum atomic E-state index is -0.0791. The predicted octanol–water partition coefficient (Wildman–Crippen LogP) is 0.824. The van der Waals surface area contributed by atoms with Crippen LogP contribution in [0.3, 0.4) is 0 Å². The van der Waals surface area contributed by atoms with Gasteiger partial charge in [-0.15, -0.1) is 10.2 Å². The van der Waals surface area contributed by atoms with E-state index in [1.165, 1.54) is 0 Å². The van der Waals surface area contributed by atoms with E-state index in [0.29, 0.717) is 17.0 Å². The van der Waals surface area contributed by atoms with Crippen molar-refractivity contribution < 1.29 is 4.79 Å². The molecule has 1 aromatic carbocycles. The van der Waals surface area contributed by atoms with Crippen LogP contribution in [0.15, 0.2) is 18.2 Å². The number of aromatic amines is 1. The molecule has 136 valence electrons. The number of H-pyrrole nitrogens is 1. The Morgan fingerprint density at radius 1 is 1.27 bits per heavy atom. The molecule has 3 aromatic rings. The molecule has 1 fully saturated rings. The molecule has 1 saturated carbocycles. The second-order valence-electron chi connectivity index (χ2n) is 7.14. The number of nitrogens with zero attached hydrogens (tertiary/aromatic N) is 6. The summed E-state index contributed by atoms with van der Waals surface area (Å²) < 4.78 is 2.07. The summed E-state index contributed by atoms with van der Waals surface area (Å²) in [6, 6.07) is 5.48. The van der Waals surface area contributed by atoms with Crippen molar-refractivity contribution in [2.24, 2.45) is 7.05 Å². The molecule has 4 rings (SSSR count). The van der Waals surface area contributed by atoms with Crippen molar-refractivity contribution in [2.45, 2.75) is 31.3 Å². The van der Waals surface area contributed by atoms with Gasteiger partial charge in [-0.25, -0.2) is 0 Å². The van der Waals surface area contributed by atoms with Gasteiger partial charge < -0.3 is 14.8 Å². The van der Waals surface area contributed by atoms with E-state index in [9.17, 15) is 4.79 Å². The van der Waals surface area contributed by atoms with Crippen molar-refractivity contribution in [3.05, 3.63) is 35.4 Å². The summed E-state index contributed by atoms with van der Waals surface area (Å²) in [6.07, 6.45) is 1.76. The number of carbonyl (C=O) groups excluding carboxylic acids is 1. The van der Waals surface area contributed by atoms with Crippen molar-refractivity contribution in [3.63, 3.8) is 0 Å². The number of hydrogen-bond donors (Lipinski definition) is 2. The highest BCUT2D eigenvalue weighted by atomic mass is 16.1. The van der Waals surface area contributed by atoms with Gasteiger partial charge in [0.05, 0.1) is 6.54 Å². The third-order valence-electron chi connectivity index (χ3n) is 4.87. The van der Waals surface area contributed by atoms with E-state index in [1.54, 1.807) is 18.2 Å². The van der Waals surface area contributed by atoms with Crippen LogP contribution < -0.4 is 5.32 Å². The summed E-state index contributed by atoms with van der Waals surface area (Å²) in [5, 5.41) is 22.3. The first-order valence-corrected chi connectivity index (χ1v) is 8.65. The number of benzene rings is 1. The second kappa shape index (κ2) is 6.49. The summed E-state index contributed by atoms with van der Waals surface area (Å²) in [5.74, 6) is 2.21. The number of amides is 1. The van der Waals surface area contributed by atoms with Gasteiger partial charge in [0, 0.05) is 24.6 Å². The van der Waals surface area contributed by atoms with E-state index >= 15 is 0 Å². The van der Waals surface area contributed by atoms with E-state index < -0.39 is 0 Å². The largest absolute Gasteiger partial charge is 0.349 e. The highest BCUT2D eigenvalue weighted by molar-refractivity contribution is 5.97. The molecule has 0 bridgehead atoms. The number of carbonyl (C=O) groups is 1. The Kier molecular flexibility index (Phi) is 4.15. The van der Waals surface area contributed by atoms with Gasteiger partial charge in [0.25, 0.3) is 5.91 Å². The fraction of sp³-hybridized carbons (Fsp3) is 0.471. The first kappa shape index (κ1) is 16.6. The lowest BCUT2D eigenvalue weighted by Gasteiger charge is -2.35. The molecule has 9 heteroatoms. The fourth-order valence-electron chi connectivity index (χ4n) is 3.35. The van der Waals surface area contributed by atoms with Crippen LogP contribution in [0.1, 0.15) is 40.8 Å². The molecule has 0 spiro atoms. The average molecular weight is 354 g/mol. The van der Waals surface area contributed by atoms with Crippen LogP contribution in [0.5, 0.6) is 0 Å². The fourth-order valence-corrected chi connectivity index (χ4v) is 3.35. The first-order valence-electron chi connectivity index (χ1n) is 8.65. The maximum absolute atomic E-state index is 12.4. The van der Waals surface area contributed by atoms with Gasteiger partial charge in [-0.2, -0.15) is 15.4 Å². The smallest absolute Gasteiger partial charge is 0.251 e. The van der Waals surface area contributed by atoms with E-state index in [-0.39, 0.29) is 11.9 Å². The maximum Gasteiger partial charge on any atom is 0.251 e. The highest BCUT2D eigenvalue weighted by Crippen LogP contribution is 2.36. The van der Waals surface area contributed by atoms with E-state index in [0.717, 1.165) is 36.6 Å². The van der Waals surface area contributed by atoms with Crippen LogP contribution in [0.25, 0.3) is 11.0 Å². The van der Waals surface area contributed by atoms with Crippen molar-refractivity contribution in [2.75, 3.05) is 14.1 Å². The number of nitrogens with one attached hydrogen (secondary N) is 2. The van der Waals surface area contributed by atoms with Crippen molar-refractivity contribution in [1.29, 1.82) is 0 Å². The summed E-state index contributed by atoms with van der Waals surface area (Å²) in [4.78, 5) is 14.5. The van der Waals surface area contributed by atoms with Gasteiger partial charge in [-0.3, -0.25) is 4.79 Å². The summed E-state index contributed by atoms with van der Waals surface area (Å²) in [7, 11) is 6.03. The van der Waals surface area contributed by atoms with E-state index in [4.69, 9.17) is 0 Å². The van der Waals surface area contributed by atoms with E-state index in [1.807, 2.05) is 21.1 Å². The molecule has 0 saturated heterocycles. The molecule has 0 radical (unpaired) electrons. The second-order valence-corrected chi connectivity index (χ2v) is 7.14. The first-order chi connectivity index (χ1) is 12.5. The molecule has 1 aliphatic rings. The molecule has 1 amide bonds. The van der Waals surface area contributed by atoms with Crippen LogP contribution >= 0.6 is 0 Å². The molecule has 2 N–H and O–H groups in total. The number of rotatable bonds is 5. The van der Waals surface area contributed by atoms with Crippen LogP contribution in [0.2, 0.25) is 0 Å². The van der Waals surface area contributed by atoms with E-state index in [2.05, 4.69) is 40.4 Å². The lowest BCUT2D eigenvalue weighted by Crippen LogP contribution is -2.44. The van der Waals surface area contributed by atoms with Gasteiger partial charge in [-0.1, -0.05) is 0 Å². The number of hydrogen-bond acceptors (Lipinski definition) is 6. The minimum Gasteiger partial charge on any atom is -0.349 e. The lowest BCUT2D eigenvalue weighted by molar-refractivity contribution is 0.0907. The zero-order chi connectivity index (χ0) is 18.3. The van der Waals surface area contributed by atoms with Gasteiger partial charge in [0.15, 0.2) is 0 Å². The van der Waals surface area contributed by atoms with Gasteiger partial charge in [0.2, 0.25) is 0 Å². The maximum atomic E-state index is 12.4. The predicted molar refractivity (Wildman–Crippen MR) is 95.5 cm³/mol. The SMILES string of the molecule is CN(C)Cc1nnc(C2CC(NC(=O)c3ccc4n[nH]nc4c3)C2)n1C. The summed E-state index contributed by atoms with van der Waals surface area (Å²) in [6.45, 7) is 0.765. The molecule has 2 heterocycles. The normalized spacial score (nSPS) is 19.7. The van der Waals surface area contributed by atoms with Crippen LogP contribution in [0, 0.1) is 0 Å². The Morgan fingerprint density at radius 3 is 2.81 bits per heavy atom. The monoisotopic (exact) mass is 354 g/mol. The van der Waals surface area contributed by atoms with Crippen LogP contribution in [-0.2, 0) is 13.6 Å². The van der Waals surface area contributed by atoms with Crippen LogP contribution in [0.4, 0.5) is 0 Å². The Balaban J connectivity index is 1.36. The molecule has 26 heavy (non-hydrogen) atoms. The van der Waals surface area contributed by atoms with Crippen molar-refractivity contribution in [3.8, 4) is 0 Å². The number of aromatic nitrogens is 6. The quantitative estimate of drug-likeness (QED) is 0.703. The molecule has 0 unspecified atom stereocenters. The zero-order valence-corrected chi connectivity index (χ0v) is 15.1. The molecule has 0 atom stereocenters. The third-order valence-corrected chi connectivity index (χ3v) is 4.87. The topological polar surface area (TPSA) is 105 Å². The average Bonchev–Trinajstić information content (AvgIpc) is 3.17.